The van der Waals surface area contributed by atoms with E-state index in [1.165, 1.54) is 5.56 Å². The van der Waals surface area contributed by atoms with Crippen molar-refractivity contribution in [2.75, 3.05) is 0 Å². The second kappa shape index (κ2) is 7.43. The topological polar surface area (TPSA) is 54.9 Å². The molecule has 0 saturated carbocycles. The molecule has 4 nitrogen and oxygen atoms in total. The molecule has 2 heterocycles. The van der Waals surface area contributed by atoms with Gasteiger partial charge in [-0.25, -0.2) is 0 Å². The lowest BCUT2D eigenvalue weighted by Crippen LogP contribution is -2.34. The molecule has 128 valence electrons. The number of nitrogens with one attached hydrogen (secondary N) is 1. The van der Waals surface area contributed by atoms with Crippen molar-refractivity contribution in [1.82, 2.24) is 15.3 Å². The van der Waals surface area contributed by atoms with Gasteiger partial charge >= 0.3 is 0 Å². The van der Waals surface area contributed by atoms with Crippen LogP contribution in [0, 0.1) is 6.92 Å². The first-order valence-electron chi connectivity index (χ1n) is 8.67. The van der Waals surface area contributed by atoms with E-state index in [4.69, 9.17) is 0 Å². The third-order valence-corrected chi connectivity index (χ3v) is 4.30. The summed E-state index contributed by atoms with van der Waals surface area (Å²) < 4.78 is 0. The van der Waals surface area contributed by atoms with E-state index < -0.39 is 0 Å². The van der Waals surface area contributed by atoms with Crippen molar-refractivity contribution in [3.05, 3.63) is 71.2 Å². The maximum absolute atomic E-state index is 12.9. The van der Waals surface area contributed by atoms with E-state index in [1.807, 2.05) is 44.3 Å². The van der Waals surface area contributed by atoms with Crippen LogP contribution in [0.5, 0.6) is 0 Å². The lowest BCUT2D eigenvalue weighted by molar-refractivity contribution is 0.0941. The molecule has 0 bridgehead atoms. The average Bonchev–Trinajstić information content (AvgIpc) is 2.61. The molecule has 1 atom stereocenters. The van der Waals surface area contributed by atoms with Crippen molar-refractivity contribution in [3.8, 4) is 0 Å². The Morgan fingerprint density at radius 3 is 2.76 bits per heavy atom. The standard InChI is InChI=1S/C21H23N3O/c1-4-16-7-8-20-18(12-16)19(11-15(3)23-20)21(25)24-14(2)10-17-6-5-9-22-13-17/h5-9,11-14H,4,10H2,1-3H3,(H,24,25)/t14-/m0/s1. The summed E-state index contributed by atoms with van der Waals surface area (Å²) in [6.07, 6.45) is 5.27. The molecular formula is C21H23N3O. The zero-order valence-electron chi connectivity index (χ0n) is 14.9. The third kappa shape index (κ3) is 4.02. The minimum Gasteiger partial charge on any atom is -0.349 e. The van der Waals surface area contributed by atoms with Crippen molar-refractivity contribution < 1.29 is 4.79 Å². The number of pyridine rings is 2. The Hall–Kier alpha value is -2.75. The molecule has 0 aliphatic rings. The van der Waals surface area contributed by atoms with Gasteiger partial charge in [-0.3, -0.25) is 14.8 Å². The van der Waals surface area contributed by atoms with Gasteiger partial charge in [0.1, 0.15) is 0 Å². The summed E-state index contributed by atoms with van der Waals surface area (Å²) in [6, 6.07) is 12.0. The number of rotatable bonds is 5. The van der Waals surface area contributed by atoms with Crippen LogP contribution in [-0.4, -0.2) is 21.9 Å². The van der Waals surface area contributed by atoms with Crippen LogP contribution < -0.4 is 5.32 Å². The zero-order valence-corrected chi connectivity index (χ0v) is 14.9. The van der Waals surface area contributed by atoms with Crippen LogP contribution in [0.1, 0.15) is 41.0 Å². The van der Waals surface area contributed by atoms with E-state index in [1.54, 1.807) is 6.20 Å². The number of nitrogens with zero attached hydrogens (tertiary/aromatic N) is 2. The fourth-order valence-corrected chi connectivity index (χ4v) is 3.04. The molecule has 0 saturated heterocycles. The summed E-state index contributed by atoms with van der Waals surface area (Å²) in [5, 5.41) is 4.02. The largest absolute Gasteiger partial charge is 0.349 e. The Balaban J connectivity index is 1.86. The van der Waals surface area contributed by atoms with Gasteiger partial charge < -0.3 is 5.32 Å². The van der Waals surface area contributed by atoms with Gasteiger partial charge in [-0.05, 0) is 62.1 Å². The molecule has 1 aromatic carbocycles. The summed E-state index contributed by atoms with van der Waals surface area (Å²) in [7, 11) is 0. The molecule has 0 fully saturated rings. The molecule has 1 N–H and O–H groups in total. The SMILES string of the molecule is CCc1ccc2nc(C)cc(C(=O)N[C@@H](C)Cc3cccnc3)c2c1. The van der Waals surface area contributed by atoms with E-state index in [2.05, 4.69) is 34.3 Å². The van der Waals surface area contributed by atoms with E-state index >= 15 is 0 Å². The summed E-state index contributed by atoms with van der Waals surface area (Å²) in [6.45, 7) is 6.04. The number of aromatic nitrogens is 2. The second-order valence-electron chi connectivity index (χ2n) is 6.46. The maximum atomic E-state index is 12.9. The van der Waals surface area contributed by atoms with Crippen molar-refractivity contribution >= 4 is 16.8 Å². The van der Waals surface area contributed by atoms with E-state index in [0.717, 1.165) is 35.0 Å². The van der Waals surface area contributed by atoms with Crippen LogP contribution in [0.15, 0.2) is 48.8 Å². The summed E-state index contributed by atoms with van der Waals surface area (Å²) >= 11 is 0. The summed E-state index contributed by atoms with van der Waals surface area (Å²) in [4.78, 5) is 21.5. The number of amides is 1. The molecule has 3 rings (SSSR count). The van der Waals surface area contributed by atoms with E-state index in [0.29, 0.717) is 5.56 Å². The number of hydrogen-bond donors (Lipinski definition) is 1. The Bertz CT molecular complexity index is 890. The van der Waals surface area contributed by atoms with Crippen LogP contribution >= 0.6 is 0 Å². The maximum Gasteiger partial charge on any atom is 0.252 e. The Morgan fingerprint density at radius 2 is 2.04 bits per heavy atom. The van der Waals surface area contributed by atoms with Gasteiger partial charge in [0, 0.05) is 29.5 Å². The highest BCUT2D eigenvalue weighted by Crippen LogP contribution is 2.21. The molecule has 0 aliphatic carbocycles. The van der Waals surface area contributed by atoms with Gasteiger partial charge in [0.2, 0.25) is 0 Å². The van der Waals surface area contributed by atoms with Crippen molar-refractivity contribution in [1.29, 1.82) is 0 Å². The summed E-state index contributed by atoms with van der Waals surface area (Å²) in [5.41, 5.74) is 4.72. The minimum atomic E-state index is -0.0554. The highest BCUT2D eigenvalue weighted by atomic mass is 16.1. The highest BCUT2D eigenvalue weighted by Gasteiger charge is 2.15. The molecule has 25 heavy (non-hydrogen) atoms. The van der Waals surface area contributed by atoms with Gasteiger partial charge in [0.25, 0.3) is 5.91 Å². The van der Waals surface area contributed by atoms with E-state index in [9.17, 15) is 4.79 Å². The van der Waals surface area contributed by atoms with E-state index in [-0.39, 0.29) is 11.9 Å². The number of aryl methyl sites for hydroxylation is 2. The first kappa shape index (κ1) is 17.1. The molecule has 0 aliphatic heterocycles. The Labute approximate surface area is 148 Å². The fourth-order valence-electron chi connectivity index (χ4n) is 3.04. The first-order valence-corrected chi connectivity index (χ1v) is 8.67. The number of carbonyl (C=O) groups excluding carboxylic acids is 1. The molecule has 4 heteroatoms. The van der Waals surface area contributed by atoms with Crippen molar-refractivity contribution in [2.24, 2.45) is 0 Å². The fraction of sp³-hybridized carbons (Fsp3) is 0.286. The van der Waals surface area contributed by atoms with Crippen LogP contribution in [0.4, 0.5) is 0 Å². The molecule has 3 aromatic rings. The zero-order chi connectivity index (χ0) is 17.8. The molecule has 1 amide bonds. The van der Waals surface area contributed by atoms with Gasteiger partial charge in [-0.1, -0.05) is 19.1 Å². The van der Waals surface area contributed by atoms with Crippen molar-refractivity contribution in [3.63, 3.8) is 0 Å². The first-order chi connectivity index (χ1) is 12.1. The molecule has 0 unspecified atom stereocenters. The number of carbonyl (C=O) groups is 1. The molecule has 0 spiro atoms. The van der Waals surface area contributed by atoms with Gasteiger partial charge in [0.15, 0.2) is 0 Å². The number of fused-ring (bicyclic) bond motifs is 1. The Kier molecular flexibility index (Phi) is 5.08. The lowest BCUT2D eigenvalue weighted by Gasteiger charge is -2.15. The van der Waals surface area contributed by atoms with Crippen LogP contribution in [0.25, 0.3) is 10.9 Å². The number of hydrogen-bond acceptors (Lipinski definition) is 3. The quantitative estimate of drug-likeness (QED) is 0.771. The van der Waals surface area contributed by atoms with Gasteiger partial charge in [-0.15, -0.1) is 0 Å². The molecule has 2 aromatic heterocycles. The number of benzene rings is 1. The third-order valence-electron chi connectivity index (χ3n) is 4.30. The normalized spacial score (nSPS) is 12.1. The Morgan fingerprint density at radius 1 is 1.20 bits per heavy atom. The summed E-state index contributed by atoms with van der Waals surface area (Å²) in [5.74, 6) is -0.0554. The van der Waals surface area contributed by atoms with Crippen LogP contribution in [-0.2, 0) is 12.8 Å². The van der Waals surface area contributed by atoms with Crippen LogP contribution in [0.2, 0.25) is 0 Å². The molecule has 0 radical (unpaired) electrons. The van der Waals surface area contributed by atoms with Crippen LogP contribution in [0.3, 0.4) is 0 Å². The smallest absolute Gasteiger partial charge is 0.252 e. The monoisotopic (exact) mass is 333 g/mol. The average molecular weight is 333 g/mol. The lowest BCUT2D eigenvalue weighted by atomic mass is 10.0. The van der Waals surface area contributed by atoms with Gasteiger partial charge in [0.05, 0.1) is 11.1 Å². The second-order valence-corrected chi connectivity index (χ2v) is 6.46. The minimum absolute atomic E-state index is 0.0228. The predicted molar refractivity (Wildman–Crippen MR) is 101 cm³/mol. The van der Waals surface area contributed by atoms with Crippen molar-refractivity contribution in [2.45, 2.75) is 39.7 Å². The molecular weight excluding hydrogens is 310 g/mol. The van der Waals surface area contributed by atoms with Gasteiger partial charge in [-0.2, -0.15) is 0 Å². The predicted octanol–water partition coefficient (Wildman–Crippen LogP) is 3.86. The highest BCUT2D eigenvalue weighted by molar-refractivity contribution is 6.06.